The molecule has 2 unspecified atom stereocenters. The molecule has 1 amide bonds. The highest BCUT2D eigenvalue weighted by molar-refractivity contribution is 5.77. The Hall–Kier alpha value is -1.55. The van der Waals surface area contributed by atoms with Crippen molar-refractivity contribution in [2.24, 2.45) is 11.7 Å². The molecule has 4 nitrogen and oxygen atoms in total. The summed E-state index contributed by atoms with van der Waals surface area (Å²) in [4.78, 5) is 11.9. The Labute approximate surface area is 108 Å². The Morgan fingerprint density at radius 2 is 2.33 bits per heavy atom. The van der Waals surface area contributed by atoms with Crippen molar-refractivity contribution in [1.82, 2.24) is 5.32 Å². The Morgan fingerprint density at radius 1 is 1.56 bits per heavy atom. The zero-order valence-electron chi connectivity index (χ0n) is 10.7. The molecule has 1 aromatic rings. The minimum Gasteiger partial charge on any atom is -0.491 e. The first kappa shape index (κ1) is 12.9. The molecule has 0 saturated heterocycles. The van der Waals surface area contributed by atoms with Gasteiger partial charge in [0, 0.05) is 12.0 Å². The molecule has 4 heteroatoms. The molecule has 0 aromatic heterocycles. The van der Waals surface area contributed by atoms with Crippen molar-refractivity contribution in [3.63, 3.8) is 0 Å². The molecule has 1 aliphatic heterocycles. The largest absolute Gasteiger partial charge is 0.491 e. The molecule has 1 heterocycles. The third-order valence-electron chi connectivity index (χ3n) is 3.42. The van der Waals surface area contributed by atoms with Gasteiger partial charge in [-0.15, -0.1) is 0 Å². The number of carbonyl (C=O) groups excluding carboxylic acids is 1. The number of hydrogen-bond acceptors (Lipinski definition) is 3. The number of hydrogen-bond donors (Lipinski definition) is 2. The van der Waals surface area contributed by atoms with Gasteiger partial charge in [0.15, 0.2) is 0 Å². The molecule has 0 spiro atoms. The highest BCUT2D eigenvalue weighted by atomic mass is 16.5. The monoisotopic (exact) mass is 248 g/mol. The van der Waals surface area contributed by atoms with E-state index in [1.807, 2.05) is 24.3 Å². The lowest BCUT2D eigenvalue weighted by atomic mass is 10.0. The number of benzene rings is 1. The van der Waals surface area contributed by atoms with Crippen LogP contribution in [0.5, 0.6) is 5.75 Å². The number of fused-ring (bicyclic) bond motifs is 1. The number of nitrogens with two attached hydrogens (primary N) is 1. The van der Waals surface area contributed by atoms with Crippen molar-refractivity contribution in [2.75, 3.05) is 13.2 Å². The molecule has 3 N–H and O–H groups in total. The Kier molecular flexibility index (Phi) is 4.20. The van der Waals surface area contributed by atoms with E-state index in [1.165, 1.54) is 0 Å². The first-order chi connectivity index (χ1) is 8.74. The molecule has 0 bridgehead atoms. The van der Waals surface area contributed by atoms with Crippen molar-refractivity contribution < 1.29 is 9.53 Å². The van der Waals surface area contributed by atoms with Crippen molar-refractivity contribution in [3.05, 3.63) is 29.8 Å². The molecular formula is C14H20N2O2. The molecule has 2 rings (SSSR count). The summed E-state index contributed by atoms with van der Waals surface area (Å²) in [5.74, 6) is 1.19. The fourth-order valence-corrected chi connectivity index (χ4v) is 2.19. The van der Waals surface area contributed by atoms with E-state index < -0.39 is 0 Å². The summed E-state index contributed by atoms with van der Waals surface area (Å²) in [6.07, 6.45) is 1.42. The summed E-state index contributed by atoms with van der Waals surface area (Å²) >= 11 is 0. The van der Waals surface area contributed by atoms with Crippen LogP contribution >= 0.6 is 0 Å². The Balaban J connectivity index is 1.93. The first-order valence-corrected chi connectivity index (χ1v) is 6.45. The van der Waals surface area contributed by atoms with Crippen LogP contribution in [0.4, 0.5) is 0 Å². The molecular weight excluding hydrogens is 228 g/mol. The van der Waals surface area contributed by atoms with Gasteiger partial charge in [0.05, 0.1) is 6.04 Å². The van der Waals surface area contributed by atoms with Crippen LogP contribution in [0.3, 0.4) is 0 Å². The van der Waals surface area contributed by atoms with Crippen LogP contribution in [0.1, 0.15) is 31.4 Å². The van der Waals surface area contributed by atoms with Crippen molar-refractivity contribution in [3.8, 4) is 5.75 Å². The second kappa shape index (κ2) is 5.87. The lowest BCUT2D eigenvalue weighted by molar-refractivity contribution is -0.122. The van der Waals surface area contributed by atoms with Crippen LogP contribution in [0.25, 0.3) is 0 Å². The minimum atomic E-state index is -0.0241. The average molecular weight is 248 g/mol. The number of para-hydroxylation sites is 1. The normalized spacial score (nSPS) is 18.9. The first-order valence-electron chi connectivity index (χ1n) is 6.45. The predicted molar refractivity (Wildman–Crippen MR) is 70.3 cm³/mol. The molecule has 98 valence electrons. The number of rotatable bonds is 5. The highest BCUT2D eigenvalue weighted by Crippen LogP contribution is 2.31. The van der Waals surface area contributed by atoms with Gasteiger partial charge in [-0.25, -0.2) is 0 Å². The number of ether oxygens (including phenoxy) is 1. The standard InChI is InChI=1S/C14H20N2O2/c1-2-10(8-15)7-14(17)16-12-9-18-13-6-4-3-5-11(12)13/h3-6,10,12H,2,7-9,15H2,1H3,(H,16,17). The maximum atomic E-state index is 11.9. The third kappa shape index (κ3) is 2.82. The summed E-state index contributed by atoms with van der Waals surface area (Å²) in [7, 11) is 0. The summed E-state index contributed by atoms with van der Waals surface area (Å²) in [5.41, 5.74) is 6.67. The highest BCUT2D eigenvalue weighted by Gasteiger charge is 2.25. The second-order valence-corrected chi connectivity index (χ2v) is 4.68. The fourth-order valence-electron chi connectivity index (χ4n) is 2.19. The van der Waals surface area contributed by atoms with E-state index in [0.29, 0.717) is 19.6 Å². The van der Waals surface area contributed by atoms with Crippen LogP contribution in [-0.2, 0) is 4.79 Å². The van der Waals surface area contributed by atoms with E-state index in [2.05, 4.69) is 12.2 Å². The van der Waals surface area contributed by atoms with E-state index >= 15 is 0 Å². The van der Waals surface area contributed by atoms with Crippen molar-refractivity contribution in [1.29, 1.82) is 0 Å². The molecule has 1 aromatic carbocycles. The smallest absolute Gasteiger partial charge is 0.220 e. The third-order valence-corrected chi connectivity index (χ3v) is 3.42. The van der Waals surface area contributed by atoms with Gasteiger partial charge in [-0.3, -0.25) is 4.79 Å². The van der Waals surface area contributed by atoms with Crippen LogP contribution in [-0.4, -0.2) is 19.1 Å². The van der Waals surface area contributed by atoms with E-state index in [9.17, 15) is 4.79 Å². The maximum absolute atomic E-state index is 11.9. The summed E-state index contributed by atoms with van der Waals surface area (Å²) in [6.45, 7) is 3.13. The Bertz CT molecular complexity index is 416. The molecule has 0 radical (unpaired) electrons. The summed E-state index contributed by atoms with van der Waals surface area (Å²) in [6, 6.07) is 7.79. The van der Waals surface area contributed by atoms with Crippen LogP contribution < -0.4 is 15.8 Å². The van der Waals surface area contributed by atoms with Gasteiger partial charge < -0.3 is 15.8 Å². The SMILES string of the molecule is CCC(CN)CC(=O)NC1COc2ccccc21. The lowest BCUT2D eigenvalue weighted by Gasteiger charge is -2.15. The predicted octanol–water partition coefficient (Wildman–Crippen LogP) is 1.61. The average Bonchev–Trinajstić information content (AvgIpc) is 2.79. The van der Waals surface area contributed by atoms with Crippen LogP contribution in [0.2, 0.25) is 0 Å². The van der Waals surface area contributed by atoms with Gasteiger partial charge in [-0.1, -0.05) is 31.5 Å². The van der Waals surface area contributed by atoms with E-state index in [-0.39, 0.29) is 17.9 Å². The van der Waals surface area contributed by atoms with Crippen molar-refractivity contribution in [2.45, 2.75) is 25.8 Å². The number of amides is 1. The maximum Gasteiger partial charge on any atom is 0.220 e. The van der Waals surface area contributed by atoms with Gasteiger partial charge >= 0.3 is 0 Å². The molecule has 2 atom stereocenters. The van der Waals surface area contributed by atoms with Gasteiger partial charge in [-0.05, 0) is 18.5 Å². The van der Waals surface area contributed by atoms with E-state index in [1.54, 1.807) is 0 Å². The molecule has 1 aliphatic rings. The molecule has 18 heavy (non-hydrogen) atoms. The summed E-state index contributed by atoms with van der Waals surface area (Å²) in [5, 5.41) is 3.01. The Morgan fingerprint density at radius 3 is 3.06 bits per heavy atom. The molecule has 0 aliphatic carbocycles. The van der Waals surface area contributed by atoms with Crippen LogP contribution in [0.15, 0.2) is 24.3 Å². The topological polar surface area (TPSA) is 64.4 Å². The fraction of sp³-hybridized carbons (Fsp3) is 0.500. The second-order valence-electron chi connectivity index (χ2n) is 4.68. The van der Waals surface area contributed by atoms with E-state index in [4.69, 9.17) is 10.5 Å². The van der Waals surface area contributed by atoms with Gasteiger partial charge in [0.25, 0.3) is 0 Å². The van der Waals surface area contributed by atoms with E-state index in [0.717, 1.165) is 17.7 Å². The van der Waals surface area contributed by atoms with Gasteiger partial charge in [-0.2, -0.15) is 0 Å². The zero-order chi connectivity index (χ0) is 13.0. The van der Waals surface area contributed by atoms with Crippen LogP contribution in [0, 0.1) is 5.92 Å². The number of carbonyl (C=O) groups is 1. The van der Waals surface area contributed by atoms with Crippen molar-refractivity contribution >= 4 is 5.91 Å². The molecule has 0 saturated carbocycles. The quantitative estimate of drug-likeness (QED) is 0.832. The lowest BCUT2D eigenvalue weighted by Crippen LogP contribution is -2.32. The van der Waals surface area contributed by atoms with Gasteiger partial charge in [0.2, 0.25) is 5.91 Å². The number of nitrogens with one attached hydrogen (secondary N) is 1. The zero-order valence-corrected chi connectivity index (χ0v) is 10.7. The van der Waals surface area contributed by atoms with Gasteiger partial charge in [0.1, 0.15) is 12.4 Å². The summed E-state index contributed by atoms with van der Waals surface area (Å²) < 4.78 is 5.53. The molecule has 0 fully saturated rings. The minimum absolute atomic E-state index is 0.0241.